The predicted molar refractivity (Wildman–Crippen MR) is 130 cm³/mol. The Morgan fingerprint density at radius 2 is 1.44 bits per heavy atom. The summed E-state index contributed by atoms with van der Waals surface area (Å²) in [6.45, 7) is 1.90. The average Bonchev–Trinajstić information content (AvgIpc) is 2.77. The van der Waals surface area contributed by atoms with Gasteiger partial charge in [-0.1, -0.05) is 0 Å². The van der Waals surface area contributed by atoms with Gasteiger partial charge in [0, 0.05) is 12.3 Å². The number of hydrogen-bond acceptors (Lipinski definition) is 9. The molecule has 0 spiro atoms. The molecule has 0 aromatic heterocycles. The summed E-state index contributed by atoms with van der Waals surface area (Å²) in [6.07, 6.45) is 0.514. The molecule has 5 atom stereocenters. The lowest BCUT2D eigenvalue weighted by Crippen LogP contribution is -2.58. The van der Waals surface area contributed by atoms with Gasteiger partial charge in [0.15, 0.2) is 5.96 Å². The van der Waals surface area contributed by atoms with Gasteiger partial charge < -0.3 is 49.1 Å². The highest BCUT2D eigenvalue weighted by Crippen LogP contribution is 2.04. The van der Waals surface area contributed by atoms with Gasteiger partial charge in [-0.05, 0) is 45.6 Å². The van der Waals surface area contributed by atoms with Crippen LogP contribution in [0.25, 0.3) is 0 Å². The lowest BCUT2D eigenvalue weighted by molar-refractivity contribution is -0.142. The standard InChI is InChI=1S/C19H38N8O6S/c1-10(28)14(21)17(31)25-11(6-4-8-24-19(22)23)15(29)27-13(9-34)16(30)26-12(18(32)33)5-2-3-7-20/h10-14,28,34H,2-9,20-21H2,1H3,(H,25,31)(H,26,30)(H,27,29)(H,32,33)(H4,22,23,24). The summed E-state index contributed by atoms with van der Waals surface area (Å²) in [7, 11) is 0. The maximum absolute atomic E-state index is 12.8. The second-order valence-corrected chi connectivity index (χ2v) is 8.07. The molecular weight excluding hydrogens is 468 g/mol. The number of rotatable bonds is 17. The Morgan fingerprint density at radius 3 is 1.94 bits per heavy atom. The SMILES string of the molecule is CC(O)C(N)C(=O)NC(CCCN=C(N)N)C(=O)NC(CS)C(=O)NC(CCCCN)C(=O)O. The highest BCUT2D eigenvalue weighted by molar-refractivity contribution is 7.80. The van der Waals surface area contributed by atoms with Crippen molar-refractivity contribution in [3.63, 3.8) is 0 Å². The largest absolute Gasteiger partial charge is 0.480 e. The number of hydrogen-bond donors (Lipinski definition) is 10. The Kier molecular flexibility index (Phi) is 15.6. The third-order valence-corrected chi connectivity index (χ3v) is 5.14. The number of nitrogens with zero attached hydrogens (tertiary/aromatic N) is 1. The summed E-state index contributed by atoms with van der Waals surface area (Å²) in [5, 5.41) is 26.1. The molecular formula is C19H38N8O6S. The Bertz CT molecular complexity index is 704. The Labute approximate surface area is 204 Å². The van der Waals surface area contributed by atoms with E-state index in [2.05, 4.69) is 33.6 Å². The number of amides is 3. The third-order valence-electron chi connectivity index (χ3n) is 4.78. The van der Waals surface area contributed by atoms with Crippen LogP contribution in [0.4, 0.5) is 0 Å². The molecule has 34 heavy (non-hydrogen) atoms. The van der Waals surface area contributed by atoms with Crippen LogP contribution in [0.5, 0.6) is 0 Å². The lowest BCUT2D eigenvalue weighted by Gasteiger charge is -2.25. The van der Waals surface area contributed by atoms with Gasteiger partial charge in [-0.15, -0.1) is 0 Å². The molecule has 13 N–H and O–H groups in total. The van der Waals surface area contributed by atoms with Gasteiger partial charge in [-0.2, -0.15) is 12.6 Å². The third kappa shape index (κ3) is 12.6. The molecule has 0 rings (SSSR count). The number of unbranched alkanes of at least 4 members (excludes halogenated alkanes) is 1. The quantitative estimate of drug-likeness (QED) is 0.0400. The van der Waals surface area contributed by atoms with Crippen molar-refractivity contribution in [2.24, 2.45) is 27.9 Å². The maximum atomic E-state index is 12.8. The fraction of sp³-hybridized carbons (Fsp3) is 0.737. The van der Waals surface area contributed by atoms with Crippen LogP contribution in [-0.4, -0.2) is 89.0 Å². The molecule has 196 valence electrons. The highest BCUT2D eigenvalue weighted by atomic mass is 32.1. The number of aliphatic carboxylic acids is 1. The van der Waals surface area contributed by atoms with E-state index in [9.17, 15) is 29.4 Å². The van der Waals surface area contributed by atoms with E-state index in [1.54, 1.807) is 0 Å². The first-order valence-electron chi connectivity index (χ1n) is 10.9. The zero-order valence-electron chi connectivity index (χ0n) is 19.3. The number of carbonyl (C=O) groups is 4. The summed E-state index contributed by atoms with van der Waals surface area (Å²) in [5.74, 6) is -3.71. The smallest absolute Gasteiger partial charge is 0.326 e. The predicted octanol–water partition coefficient (Wildman–Crippen LogP) is -3.65. The first-order valence-corrected chi connectivity index (χ1v) is 11.5. The molecule has 0 fully saturated rings. The van der Waals surface area contributed by atoms with E-state index in [0.717, 1.165) is 0 Å². The number of nitrogens with one attached hydrogen (secondary N) is 3. The zero-order valence-corrected chi connectivity index (χ0v) is 20.2. The summed E-state index contributed by atoms with van der Waals surface area (Å²) in [5.41, 5.74) is 21.6. The van der Waals surface area contributed by atoms with E-state index in [1.807, 2.05) is 0 Å². The molecule has 5 unspecified atom stereocenters. The molecule has 0 aliphatic rings. The van der Waals surface area contributed by atoms with Crippen molar-refractivity contribution in [1.29, 1.82) is 0 Å². The normalized spacial score (nSPS) is 15.2. The Morgan fingerprint density at radius 1 is 0.912 bits per heavy atom. The van der Waals surface area contributed by atoms with E-state index in [1.165, 1.54) is 6.92 Å². The first kappa shape index (κ1) is 31.4. The number of carboxylic acids is 1. The van der Waals surface area contributed by atoms with E-state index in [4.69, 9.17) is 22.9 Å². The number of thiol groups is 1. The fourth-order valence-electron chi connectivity index (χ4n) is 2.75. The molecule has 15 heteroatoms. The summed E-state index contributed by atoms with van der Waals surface area (Å²) in [6, 6.07) is -4.73. The molecule has 0 aromatic rings. The molecule has 0 saturated carbocycles. The lowest BCUT2D eigenvalue weighted by atomic mass is 10.1. The number of aliphatic hydroxyl groups is 1. The van der Waals surface area contributed by atoms with Gasteiger partial charge in [0.2, 0.25) is 17.7 Å². The summed E-state index contributed by atoms with van der Waals surface area (Å²) >= 11 is 4.07. The van der Waals surface area contributed by atoms with Gasteiger partial charge in [0.1, 0.15) is 24.2 Å². The van der Waals surface area contributed by atoms with E-state index >= 15 is 0 Å². The van der Waals surface area contributed by atoms with Gasteiger partial charge >= 0.3 is 5.97 Å². The molecule has 0 radical (unpaired) electrons. The van der Waals surface area contributed by atoms with Crippen LogP contribution in [0.3, 0.4) is 0 Å². The van der Waals surface area contributed by atoms with E-state index in [0.29, 0.717) is 25.8 Å². The minimum Gasteiger partial charge on any atom is -0.480 e. The molecule has 0 heterocycles. The van der Waals surface area contributed by atoms with Crippen LogP contribution >= 0.6 is 12.6 Å². The van der Waals surface area contributed by atoms with Crippen LogP contribution in [0.2, 0.25) is 0 Å². The zero-order chi connectivity index (χ0) is 26.3. The van der Waals surface area contributed by atoms with Crippen molar-refractivity contribution in [2.75, 3.05) is 18.8 Å². The topological polar surface area (TPSA) is 261 Å². The number of guanidine groups is 1. The highest BCUT2D eigenvalue weighted by Gasteiger charge is 2.30. The number of aliphatic hydroxyl groups excluding tert-OH is 1. The summed E-state index contributed by atoms with van der Waals surface area (Å²) < 4.78 is 0. The number of carboxylic acid groups (broad SMARTS) is 1. The Balaban J connectivity index is 5.29. The van der Waals surface area contributed by atoms with Crippen molar-refractivity contribution in [3.8, 4) is 0 Å². The van der Waals surface area contributed by atoms with Crippen LogP contribution in [0.1, 0.15) is 39.0 Å². The van der Waals surface area contributed by atoms with Crippen LogP contribution in [0, 0.1) is 0 Å². The van der Waals surface area contributed by atoms with Gasteiger partial charge in [0.25, 0.3) is 0 Å². The van der Waals surface area contributed by atoms with Crippen LogP contribution in [0.15, 0.2) is 4.99 Å². The maximum Gasteiger partial charge on any atom is 0.326 e. The molecule has 0 aromatic carbocycles. The van der Waals surface area contributed by atoms with Crippen molar-refractivity contribution in [1.82, 2.24) is 16.0 Å². The van der Waals surface area contributed by atoms with Crippen LogP contribution in [-0.2, 0) is 19.2 Å². The first-order chi connectivity index (χ1) is 15.9. The van der Waals surface area contributed by atoms with Crippen LogP contribution < -0.4 is 38.9 Å². The average molecular weight is 507 g/mol. The van der Waals surface area contributed by atoms with Crippen molar-refractivity contribution >= 4 is 42.3 Å². The second kappa shape index (κ2) is 16.9. The molecule has 0 aliphatic carbocycles. The van der Waals surface area contributed by atoms with Crippen molar-refractivity contribution < 1.29 is 29.4 Å². The number of aliphatic imine (C=N–C) groups is 1. The monoisotopic (exact) mass is 506 g/mol. The van der Waals surface area contributed by atoms with Gasteiger partial charge in [0.05, 0.1) is 6.10 Å². The minimum absolute atomic E-state index is 0.0959. The summed E-state index contributed by atoms with van der Waals surface area (Å²) in [4.78, 5) is 52.9. The van der Waals surface area contributed by atoms with E-state index < -0.39 is 54.0 Å². The number of nitrogens with two attached hydrogens (primary N) is 4. The molecule has 0 bridgehead atoms. The van der Waals surface area contributed by atoms with E-state index in [-0.39, 0.29) is 31.1 Å². The molecule has 0 saturated heterocycles. The van der Waals surface area contributed by atoms with Crippen molar-refractivity contribution in [2.45, 2.75) is 69.3 Å². The fourth-order valence-corrected chi connectivity index (χ4v) is 3.01. The second-order valence-electron chi connectivity index (χ2n) is 7.70. The number of carbonyl (C=O) groups excluding carboxylic acids is 3. The molecule has 3 amide bonds. The molecule has 0 aliphatic heterocycles. The molecule has 14 nitrogen and oxygen atoms in total. The van der Waals surface area contributed by atoms with Crippen molar-refractivity contribution in [3.05, 3.63) is 0 Å². The Hall–Kier alpha value is -2.62. The van der Waals surface area contributed by atoms with Gasteiger partial charge in [-0.3, -0.25) is 19.4 Å². The van der Waals surface area contributed by atoms with Gasteiger partial charge in [-0.25, -0.2) is 4.79 Å². The minimum atomic E-state index is -1.28.